The fourth-order valence-corrected chi connectivity index (χ4v) is 8.64. The molecule has 5 aromatic rings. The zero-order valence-electron chi connectivity index (χ0n) is 34.8. The van der Waals surface area contributed by atoms with E-state index in [2.05, 4.69) is 25.8 Å². The van der Waals surface area contributed by atoms with Crippen molar-refractivity contribution in [2.75, 3.05) is 43.4 Å². The molecule has 0 saturated carbocycles. The number of β-amino-alcohol motifs (C(OH)–C–C–N with tert-alkyl or cyclic N) is 1. The number of anilines is 2. The number of piperazine rings is 1. The molecule has 2 saturated heterocycles. The largest absolute Gasteiger partial charge is 0.507 e. The van der Waals surface area contributed by atoms with Crippen LogP contribution in [0.15, 0.2) is 84.4 Å². The monoisotopic (exact) mass is 845 g/mol. The minimum absolute atomic E-state index is 0.0131. The number of aliphatic hydroxyl groups excluding tert-OH is 1. The van der Waals surface area contributed by atoms with Crippen LogP contribution in [0.2, 0.25) is 0 Å². The molecule has 318 valence electrons. The number of rotatable bonds is 11. The van der Waals surface area contributed by atoms with E-state index in [-0.39, 0.29) is 55.5 Å². The Labute approximate surface area is 358 Å². The minimum Gasteiger partial charge on any atom is -0.507 e. The van der Waals surface area contributed by atoms with E-state index < -0.39 is 35.4 Å². The molecule has 0 unspecified atom stereocenters. The average molecular weight is 846 g/mol. The summed E-state index contributed by atoms with van der Waals surface area (Å²) in [5, 5.41) is 35.2. The molecule has 61 heavy (non-hydrogen) atoms. The van der Waals surface area contributed by atoms with Crippen LogP contribution in [0, 0.1) is 12.3 Å². The number of para-hydroxylation sites is 1. The van der Waals surface area contributed by atoms with Gasteiger partial charge < -0.3 is 36.4 Å². The SMILES string of the molecule is Cc1ncsc1-c1ccc([C@H](C)NC(=O)[C@@H]2C[C@@H](O)CN2C(=O)[C@@H](NC(=O)CN2CCN(c3ccc(-c4cc(-c5ccccc5O)nnc4N)cc3)C(=O)C2)C(C)(C)C)cc1. The number of nitrogens with one attached hydrogen (secondary N) is 2. The van der Waals surface area contributed by atoms with Crippen LogP contribution in [0.25, 0.3) is 32.8 Å². The lowest BCUT2D eigenvalue weighted by Gasteiger charge is -2.37. The Balaban J connectivity index is 0.950. The molecule has 0 spiro atoms. The highest BCUT2D eigenvalue weighted by atomic mass is 32.1. The van der Waals surface area contributed by atoms with Crippen LogP contribution in [-0.4, -0.2) is 110 Å². The van der Waals surface area contributed by atoms with Crippen LogP contribution in [0.5, 0.6) is 5.75 Å². The average Bonchev–Trinajstić information content (AvgIpc) is 3.85. The number of phenols is 1. The predicted molar refractivity (Wildman–Crippen MR) is 234 cm³/mol. The summed E-state index contributed by atoms with van der Waals surface area (Å²) in [6, 6.07) is 21.5. The lowest BCUT2D eigenvalue weighted by atomic mass is 9.85. The normalized spacial score (nSPS) is 18.2. The van der Waals surface area contributed by atoms with Crippen LogP contribution in [0.4, 0.5) is 11.5 Å². The quantitative estimate of drug-likeness (QED) is 0.125. The molecule has 3 aromatic carbocycles. The minimum atomic E-state index is -1.00. The van der Waals surface area contributed by atoms with E-state index in [4.69, 9.17) is 5.73 Å². The summed E-state index contributed by atoms with van der Waals surface area (Å²) in [5.74, 6) is -1.18. The first-order valence-corrected chi connectivity index (χ1v) is 21.1. The van der Waals surface area contributed by atoms with E-state index in [1.165, 1.54) is 4.90 Å². The number of hydrogen-bond donors (Lipinski definition) is 5. The number of aromatic nitrogens is 3. The molecule has 0 bridgehead atoms. The second-order valence-electron chi connectivity index (χ2n) is 16.7. The van der Waals surface area contributed by atoms with Gasteiger partial charge in [-0.3, -0.25) is 24.1 Å². The third kappa shape index (κ3) is 9.56. The van der Waals surface area contributed by atoms with Crippen LogP contribution in [0.1, 0.15) is 51.4 Å². The van der Waals surface area contributed by atoms with Crippen molar-refractivity contribution in [1.29, 1.82) is 0 Å². The van der Waals surface area contributed by atoms with Crippen molar-refractivity contribution < 1.29 is 29.4 Å². The molecule has 4 amide bonds. The van der Waals surface area contributed by atoms with Crippen LogP contribution in [-0.2, 0) is 19.2 Å². The lowest BCUT2D eigenvalue weighted by Crippen LogP contribution is -2.59. The predicted octanol–water partition coefficient (Wildman–Crippen LogP) is 4.55. The summed E-state index contributed by atoms with van der Waals surface area (Å²) in [7, 11) is 0. The molecule has 15 nitrogen and oxygen atoms in total. The van der Waals surface area contributed by atoms with E-state index in [0.717, 1.165) is 27.3 Å². The van der Waals surface area contributed by atoms with Crippen molar-refractivity contribution in [1.82, 2.24) is 35.6 Å². The van der Waals surface area contributed by atoms with Gasteiger partial charge >= 0.3 is 0 Å². The summed E-state index contributed by atoms with van der Waals surface area (Å²) in [5.41, 5.74) is 13.2. The molecule has 4 heterocycles. The van der Waals surface area contributed by atoms with Gasteiger partial charge in [-0.2, -0.15) is 0 Å². The fraction of sp³-hybridized carbons (Fsp3) is 0.356. The Kier molecular flexibility index (Phi) is 12.5. The smallest absolute Gasteiger partial charge is 0.246 e. The van der Waals surface area contributed by atoms with E-state index >= 15 is 0 Å². The molecule has 7 rings (SSSR count). The Hall–Kier alpha value is -6.23. The second-order valence-corrected chi connectivity index (χ2v) is 17.6. The summed E-state index contributed by atoms with van der Waals surface area (Å²) in [4.78, 5) is 65.1. The number of phenolic OH excluding ortho intramolecular Hbond substituents is 1. The maximum Gasteiger partial charge on any atom is 0.246 e. The van der Waals surface area contributed by atoms with Gasteiger partial charge in [0.05, 0.1) is 47.0 Å². The van der Waals surface area contributed by atoms with Gasteiger partial charge in [-0.05, 0) is 66.3 Å². The Morgan fingerprint density at radius 3 is 2.31 bits per heavy atom. The van der Waals surface area contributed by atoms with E-state index in [1.807, 2.05) is 88.7 Å². The highest BCUT2D eigenvalue weighted by molar-refractivity contribution is 7.13. The van der Waals surface area contributed by atoms with Crippen LogP contribution in [0.3, 0.4) is 0 Å². The van der Waals surface area contributed by atoms with Gasteiger partial charge in [-0.25, -0.2) is 4.98 Å². The first kappa shape index (κ1) is 42.9. The molecule has 2 aliphatic heterocycles. The number of carbonyl (C=O) groups excluding carboxylic acids is 4. The van der Waals surface area contributed by atoms with Gasteiger partial charge in [0.1, 0.15) is 17.8 Å². The van der Waals surface area contributed by atoms with Gasteiger partial charge in [0, 0.05) is 42.9 Å². The number of hydrogen-bond acceptors (Lipinski definition) is 12. The zero-order chi connectivity index (χ0) is 43.6. The summed E-state index contributed by atoms with van der Waals surface area (Å²) < 4.78 is 0. The third-order valence-corrected chi connectivity index (χ3v) is 12.2. The molecular weight excluding hydrogens is 795 g/mol. The van der Waals surface area contributed by atoms with Crippen molar-refractivity contribution in [3.63, 3.8) is 0 Å². The summed E-state index contributed by atoms with van der Waals surface area (Å²) >= 11 is 1.57. The third-order valence-electron chi connectivity index (χ3n) is 11.2. The number of nitrogens with two attached hydrogens (primary N) is 1. The Bertz CT molecular complexity index is 2420. The summed E-state index contributed by atoms with van der Waals surface area (Å²) in [6.07, 6.45) is -0.830. The zero-order valence-corrected chi connectivity index (χ0v) is 35.6. The standard InChI is InChI=1S/C45H51N9O6S/c1-26(28-10-12-30(13-11-28)40-27(2)47-25-61-40)48-43(59)36-20-32(55)22-54(36)44(60)41(45(3,4)5)49-38(57)23-52-18-19-53(39(58)24-52)31-16-14-29(15-17-31)34-21-35(50-51-42(34)46)33-8-6-7-9-37(33)56/h6-17,21,25-26,32,36,41,55-56H,18-20,22-24H2,1-5H3,(H2,46,51)(H,48,59)(H,49,57)/t26-,32+,36-,41+/m0/s1. The number of nitrogens with zero attached hydrogens (tertiary/aromatic N) is 6. The first-order valence-electron chi connectivity index (χ1n) is 20.2. The maximum atomic E-state index is 14.2. The number of benzene rings is 3. The van der Waals surface area contributed by atoms with Gasteiger partial charge in [0.15, 0.2) is 5.82 Å². The molecule has 6 N–H and O–H groups in total. The molecular formula is C45H51N9O6S. The van der Waals surface area contributed by atoms with Crippen molar-refractivity contribution in [2.24, 2.45) is 5.41 Å². The molecule has 4 atom stereocenters. The maximum absolute atomic E-state index is 14.2. The van der Waals surface area contributed by atoms with Crippen molar-refractivity contribution >= 4 is 46.5 Å². The van der Waals surface area contributed by atoms with Crippen molar-refractivity contribution in [3.8, 4) is 38.6 Å². The molecule has 0 radical (unpaired) electrons. The number of carbonyl (C=O) groups is 4. The molecule has 2 aromatic heterocycles. The van der Waals surface area contributed by atoms with Gasteiger partial charge in [-0.15, -0.1) is 21.5 Å². The van der Waals surface area contributed by atoms with Crippen molar-refractivity contribution in [3.05, 3.63) is 95.6 Å². The highest BCUT2D eigenvalue weighted by Gasteiger charge is 2.45. The topological polar surface area (TPSA) is 207 Å². The number of aliphatic hydroxyl groups is 1. The highest BCUT2D eigenvalue weighted by Crippen LogP contribution is 2.34. The Morgan fingerprint density at radius 2 is 1.66 bits per heavy atom. The van der Waals surface area contributed by atoms with E-state index in [9.17, 15) is 29.4 Å². The van der Waals surface area contributed by atoms with E-state index in [1.54, 1.807) is 51.5 Å². The molecule has 16 heteroatoms. The fourth-order valence-electron chi connectivity index (χ4n) is 7.83. The van der Waals surface area contributed by atoms with Crippen LogP contribution >= 0.6 is 11.3 Å². The number of aryl methyl sites for hydroxylation is 1. The Morgan fingerprint density at radius 1 is 0.951 bits per heavy atom. The van der Waals surface area contributed by atoms with Gasteiger partial charge in [0.2, 0.25) is 23.6 Å². The van der Waals surface area contributed by atoms with Gasteiger partial charge in [0.25, 0.3) is 0 Å². The van der Waals surface area contributed by atoms with Gasteiger partial charge in [-0.1, -0.05) is 69.3 Å². The first-order chi connectivity index (χ1) is 29.1. The van der Waals surface area contributed by atoms with E-state index in [0.29, 0.717) is 35.6 Å². The number of amides is 4. The number of likely N-dealkylation sites (tertiary alicyclic amines) is 1. The number of thiazole rings is 1. The second kappa shape index (κ2) is 17.8. The van der Waals surface area contributed by atoms with Crippen LogP contribution < -0.4 is 21.3 Å². The molecule has 2 aliphatic rings. The molecule has 2 fully saturated rings. The van der Waals surface area contributed by atoms with Crippen molar-refractivity contribution in [2.45, 2.75) is 65.3 Å². The number of aromatic hydroxyl groups is 1. The lowest BCUT2D eigenvalue weighted by molar-refractivity contribution is -0.144. The number of nitrogen functional groups attached to an aromatic ring is 1. The molecule has 0 aliphatic carbocycles. The summed E-state index contributed by atoms with van der Waals surface area (Å²) in [6.45, 7) is 9.90.